The molecular formula is C26H36N2O3S. The number of carbonyl (C=O) groups is 2. The van der Waals surface area contributed by atoms with Crippen LogP contribution in [0, 0.1) is 0 Å². The van der Waals surface area contributed by atoms with Crippen molar-refractivity contribution < 1.29 is 14.3 Å². The van der Waals surface area contributed by atoms with Gasteiger partial charge < -0.3 is 14.5 Å². The predicted molar refractivity (Wildman–Crippen MR) is 130 cm³/mol. The van der Waals surface area contributed by atoms with Gasteiger partial charge in [-0.15, -0.1) is 11.3 Å². The summed E-state index contributed by atoms with van der Waals surface area (Å²) in [6.07, 6.45) is 6.87. The second-order valence-corrected chi connectivity index (χ2v) is 9.42. The van der Waals surface area contributed by atoms with Gasteiger partial charge in [-0.05, 0) is 35.4 Å². The second-order valence-electron chi connectivity index (χ2n) is 8.42. The normalized spacial score (nSPS) is 15.4. The van der Waals surface area contributed by atoms with Gasteiger partial charge in [0.05, 0.1) is 19.2 Å². The van der Waals surface area contributed by atoms with Crippen molar-refractivity contribution in [1.82, 2.24) is 9.80 Å². The summed E-state index contributed by atoms with van der Waals surface area (Å²) in [5.74, 6) is 0.0579. The minimum Gasteiger partial charge on any atom is -0.383 e. The molecule has 1 aromatic carbocycles. The number of amides is 2. The molecule has 2 aromatic rings. The highest BCUT2D eigenvalue weighted by Gasteiger charge is 2.33. The summed E-state index contributed by atoms with van der Waals surface area (Å²) in [5, 5.41) is 2.11. The lowest BCUT2D eigenvalue weighted by molar-refractivity contribution is -0.142. The third-order valence-electron chi connectivity index (χ3n) is 6.14. The van der Waals surface area contributed by atoms with Crippen LogP contribution in [0.3, 0.4) is 0 Å². The van der Waals surface area contributed by atoms with Crippen LogP contribution in [-0.4, -0.2) is 55.0 Å². The summed E-state index contributed by atoms with van der Waals surface area (Å²) in [7, 11) is 1.63. The van der Waals surface area contributed by atoms with E-state index in [0.29, 0.717) is 26.1 Å². The largest absolute Gasteiger partial charge is 0.383 e. The maximum Gasteiger partial charge on any atom is 0.242 e. The predicted octanol–water partition coefficient (Wildman–Crippen LogP) is 5.06. The molecule has 2 heterocycles. The van der Waals surface area contributed by atoms with Gasteiger partial charge in [0.25, 0.3) is 0 Å². The number of carbonyl (C=O) groups excluding carboxylic acids is 2. The summed E-state index contributed by atoms with van der Waals surface area (Å²) < 4.78 is 5.22. The molecule has 0 saturated heterocycles. The molecule has 6 heteroatoms. The Hall–Kier alpha value is -2.18. The van der Waals surface area contributed by atoms with Crippen LogP contribution in [0.4, 0.5) is 0 Å². The Morgan fingerprint density at radius 2 is 1.91 bits per heavy atom. The molecular weight excluding hydrogens is 420 g/mol. The molecule has 0 aliphatic carbocycles. The van der Waals surface area contributed by atoms with Gasteiger partial charge in [-0.2, -0.15) is 0 Å². The SMILES string of the molecule is CCCCCCCC(=O)N(CCOC)CC(=O)N1CCc2sccc2C1c1ccccc1. The summed E-state index contributed by atoms with van der Waals surface area (Å²) in [6, 6.07) is 12.3. The van der Waals surface area contributed by atoms with E-state index in [-0.39, 0.29) is 24.4 Å². The lowest BCUT2D eigenvalue weighted by Gasteiger charge is -2.37. The van der Waals surface area contributed by atoms with E-state index in [4.69, 9.17) is 4.74 Å². The first-order valence-corrected chi connectivity index (χ1v) is 12.7. The Morgan fingerprint density at radius 3 is 2.66 bits per heavy atom. The third-order valence-corrected chi connectivity index (χ3v) is 7.14. The number of nitrogens with zero attached hydrogens (tertiary/aromatic N) is 2. The fourth-order valence-corrected chi connectivity index (χ4v) is 5.27. The highest BCUT2D eigenvalue weighted by atomic mass is 32.1. The summed E-state index contributed by atoms with van der Waals surface area (Å²) in [6.45, 7) is 3.86. The molecule has 0 saturated carbocycles. The fraction of sp³-hybridized carbons (Fsp3) is 0.538. The molecule has 0 fully saturated rings. The van der Waals surface area contributed by atoms with Crippen molar-refractivity contribution in [3.05, 3.63) is 57.8 Å². The van der Waals surface area contributed by atoms with Crippen molar-refractivity contribution in [3.8, 4) is 0 Å². The molecule has 0 radical (unpaired) electrons. The smallest absolute Gasteiger partial charge is 0.242 e. The van der Waals surface area contributed by atoms with Crippen LogP contribution in [-0.2, 0) is 20.7 Å². The van der Waals surface area contributed by atoms with E-state index in [2.05, 4.69) is 30.5 Å². The van der Waals surface area contributed by atoms with E-state index in [1.54, 1.807) is 23.3 Å². The number of benzene rings is 1. The molecule has 32 heavy (non-hydrogen) atoms. The number of unbranched alkanes of at least 4 members (excludes halogenated alkanes) is 4. The van der Waals surface area contributed by atoms with E-state index < -0.39 is 0 Å². The van der Waals surface area contributed by atoms with E-state index in [0.717, 1.165) is 31.2 Å². The zero-order valence-electron chi connectivity index (χ0n) is 19.4. The van der Waals surface area contributed by atoms with Gasteiger partial charge in [-0.3, -0.25) is 9.59 Å². The fourth-order valence-electron chi connectivity index (χ4n) is 4.37. The zero-order valence-corrected chi connectivity index (χ0v) is 20.2. The summed E-state index contributed by atoms with van der Waals surface area (Å²) in [5.41, 5.74) is 2.33. The van der Waals surface area contributed by atoms with Crippen LogP contribution in [0.5, 0.6) is 0 Å². The molecule has 1 aromatic heterocycles. The van der Waals surface area contributed by atoms with Gasteiger partial charge in [-0.25, -0.2) is 0 Å². The highest BCUT2D eigenvalue weighted by molar-refractivity contribution is 7.10. The zero-order chi connectivity index (χ0) is 22.8. The minimum atomic E-state index is -0.0906. The maximum atomic E-state index is 13.5. The van der Waals surface area contributed by atoms with E-state index in [1.165, 1.54) is 23.3 Å². The number of fused-ring (bicyclic) bond motifs is 1. The number of ether oxygens (including phenoxy) is 1. The Bertz CT molecular complexity index is 852. The Labute approximate surface area is 196 Å². The first-order chi connectivity index (χ1) is 15.7. The number of methoxy groups -OCH3 is 1. The molecule has 1 atom stereocenters. The second kappa shape index (κ2) is 12.8. The van der Waals surface area contributed by atoms with E-state index >= 15 is 0 Å². The average Bonchev–Trinajstić information content (AvgIpc) is 3.30. The first kappa shape index (κ1) is 24.5. The molecule has 0 bridgehead atoms. The van der Waals surface area contributed by atoms with E-state index in [9.17, 15) is 9.59 Å². The maximum absolute atomic E-state index is 13.5. The Balaban J connectivity index is 1.70. The third kappa shape index (κ3) is 6.42. The standard InChI is InChI=1S/C26H36N2O3S/c1-3-4-5-6-10-13-24(29)27(17-18-31-2)20-25(30)28-16-14-23-22(15-19-32-23)26(28)21-11-8-7-9-12-21/h7-9,11-12,15,19,26H,3-6,10,13-14,16-18,20H2,1-2H3. The minimum absolute atomic E-state index is 0.00568. The van der Waals surface area contributed by atoms with Gasteiger partial charge in [0.15, 0.2) is 0 Å². The monoisotopic (exact) mass is 456 g/mol. The van der Waals surface area contributed by atoms with Crippen molar-refractivity contribution in [2.75, 3.05) is 33.4 Å². The molecule has 2 amide bonds. The summed E-state index contributed by atoms with van der Waals surface area (Å²) in [4.78, 5) is 31.4. The Morgan fingerprint density at radius 1 is 1.12 bits per heavy atom. The van der Waals surface area contributed by atoms with Gasteiger partial charge in [0.2, 0.25) is 11.8 Å². The summed E-state index contributed by atoms with van der Waals surface area (Å²) >= 11 is 1.76. The molecule has 3 rings (SSSR count). The van der Waals surface area contributed by atoms with Crippen molar-refractivity contribution in [1.29, 1.82) is 0 Å². The van der Waals surface area contributed by atoms with Crippen LogP contribution in [0.2, 0.25) is 0 Å². The first-order valence-electron chi connectivity index (χ1n) is 11.8. The molecule has 5 nitrogen and oxygen atoms in total. The van der Waals surface area contributed by atoms with Gasteiger partial charge >= 0.3 is 0 Å². The topological polar surface area (TPSA) is 49.9 Å². The molecule has 1 unspecified atom stereocenters. The quantitative estimate of drug-likeness (QED) is 0.420. The molecule has 1 aliphatic rings. The van der Waals surface area contributed by atoms with Gasteiger partial charge in [0.1, 0.15) is 0 Å². The number of rotatable bonds is 12. The average molecular weight is 457 g/mol. The lowest BCUT2D eigenvalue weighted by Crippen LogP contribution is -2.47. The lowest BCUT2D eigenvalue weighted by atomic mass is 9.93. The van der Waals surface area contributed by atoms with E-state index in [1.807, 2.05) is 23.1 Å². The van der Waals surface area contributed by atoms with Crippen LogP contribution in [0.1, 0.15) is 67.5 Å². The van der Waals surface area contributed by atoms with Crippen LogP contribution >= 0.6 is 11.3 Å². The van der Waals surface area contributed by atoms with Crippen LogP contribution in [0.15, 0.2) is 41.8 Å². The van der Waals surface area contributed by atoms with Crippen molar-refractivity contribution in [3.63, 3.8) is 0 Å². The molecule has 0 spiro atoms. The molecule has 0 N–H and O–H groups in total. The van der Waals surface area contributed by atoms with Crippen LogP contribution in [0.25, 0.3) is 0 Å². The molecule has 1 aliphatic heterocycles. The van der Waals surface area contributed by atoms with Gasteiger partial charge in [-0.1, -0.05) is 62.9 Å². The number of hydrogen-bond acceptors (Lipinski definition) is 4. The van der Waals surface area contributed by atoms with Crippen molar-refractivity contribution >= 4 is 23.2 Å². The number of thiophene rings is 1. The van der Waals surface area contributed by atoms with Crippen LogP contribution < -0.4 is 0 Å². The van der Waals surface area contributed by atoms with Gasteiger partial charge in [0, 0.05) is 31.5 Å². The number of hydrogen-bond donors (Lipinski definition) is 0. The van der Waals surface area contributed by atoms with Crippen molar-refractivity contribution in [2.45, 2.75) is 57.9 Å². The molecule has 174 valence electrons. The highest BCUT2D eigenvalue weighted by Crippen LogP contribution is 2.37. The Kier molecular flexibility index (Phi) is 9.75. The van der Waals surface area contributed by atoms with Crippen molar-refractivity contribution in [2.24, 2.45) is 0 Å².